The van der Waals surface area contributed by atoms with Gasteiger partial charge < -0.3 is 14.5 Å². The first-order valence-electron chi connectivity index (χ1n) is 8.16. The van der Waals surface area contributed by atoms with E-state index in [1.54, 1.807) is 12.0 Å². The topological polar surface area (TPSA) is 18.1 Å². The summed E-state index contributed by atoms with van der Waals surface area (Å²) in [6.45, 7) is 6.57. The van der Waals surface area contributed by atoms with Gasteiger partial charge in [-0.05, 0) is 49.9 Å². The fourth-order valence-corrected chi connectivity index (χ4v) is 3.88. The second-order valence-electron chi connectivity index (χ2n) is 6.41. The van der Waals surface area contributed by atoms with Crippen LogP contribution in [0.4, 0.5) is 0 Å². The van der Waals surface area contributed by atoms with Gasteiger partial charge in [-0.2, -0.15) is 0 Å². The zero-order valence-corrected chi connectivity index (χ0v) is 12.7. The molecule has 1 aromatic rings. The number of benzene rings is 1. The van der Waals surface area contributed by atoms with E-state index in [2.05, 4.69) is 24.3 Å². The van der Waals surface area contributed by atoms with Crippen LogP contribution in [0.3, 0.4) is 0 Å². The van der Waals surface area contributed by atoms with Crippen LogP contribution in [0.1, 0.15) is 31.2 Å². The highest BCUT2D eigenvalue weighted by molar-refractivity contribution is 5.26. The quantitative estimate of drug-likeness (QED) is 0.787. The van der Waals surface area contributed by atoms with E-state index < -0.39 is 0 Å². The number of piperazine rings is 1. The van der Waals surface area contributed by atoms with Gasteiger partial charge in [-0.25, -0.2) is 0 Å². The van der Waals surface area contributed by atoms with Gasteiger partial charge in [0.15, 0.2) is 0 Å². The van der Waals surface area contributed by atoms with Crippen LogP contribution in [0.15, 0.2) is 24.3 Å². The van der Waals surface area contributed by atoms with Crippen molar-refractivity contribution >= 4 is 0 Å². The molecule has 0 amide bonds. The molecule has 1 aromatic carbocycles. The SMILES string of the molecule is COc1ccc(C[NH+]2CC[NH+](C3CCCC3)CC2)cc1. The molecule has 110 valence electrons. The maximum absolute atomic E-state index is 5.22. The van der Waals surface area contributed by atoms with Gasteiger partial charge in [0.1, 0.15) is 38.5 Å². The molecule has 1 saturated carbocycles. The van der Waals surface area contributed by atoms with Gasteiger partial charge in [0.2, 0.25) is 0 Å². The molecule has 2 N–H and O–H groups in total. The number of methoxy groups -OCH3 is 1. The van der Waals surface area contributed by atoms with Gasteiger partial charge in [-0.15, -0.1) is 0 Å². The van der Waals surface area contributed by atoms with Crippen LogP contribution >= 0.6 is 0 Å². The van der Waals surface area contributed by atoms with Gasteiger partial charge in [-0.1, -0.05) is 0 Å². The summed E-state index contributed by atoms with van der Waals surface area (Å²) in [5.74, 6) is 0.958. The van der Waals surface area contributed by atoms with Crippen molar-refractivity contribution in [2.45, 2.75) is 38.3 Å². The summed E-state index contributed by atoms with van der Waals surface area (Å²) in [4.78, 5) is 3.64. The number of hydrogen-bond acceptors (Lipinski definition) is 1. The normalized spacial score (nSPS) is 27.6. The van der Waals surface area contributed by atoms with Crippen molar-refractivity contribution in [1.29, 1.82) is 0 Å². The van der Waals surface area contributed by atoms with E-state index in [1.807, 2.05) is 4.90 Å². The highest BCUT2D eigenvalue weighted by atomic mass is 16.5. The minimum atomic E-state index is 0.958. The Balaban J connectivity index is 1.47. The third kappa shape index (κ3) is 3.33. The Morgan fingerprint density at radius 2 is 1.65 bits per heavy atom. The first-order chi connectivity index (χ1) is 9.85. The molecule has 0 unspecified atom stereocenters. The Labute approximate surface area is 122 Å². The van der Waals surface area contributed by atoms with Crippen molar-refractivity contribution < 1.29 is 14.5 Å². The third-order valence-corrected chi connectivity index (χ3v) is 5.15. The van der Waals surface area contributed by atoms with E-state index in [0.717, 1.165) is 11.8 Å². The summed E-state index contributed by atoms with van der Waals surface area (Å²) in [5, 5.41) is 0. The molecule has 1 aliphatic heterocycles. The Bertz CT molecular complexity index is 404. The van der Waals surface area contributed by atoms with Crippen LogP contribution in [0.25, 0.3) is 0 Å². The van der Waals surface area contributed by atoms with Crippen molar-refractivity contribution in [3.63, 3.8) is 0 Å². The van der Waals surface area contributed by atoms with Gasteiger partial charge in [0.05, 0.1) is 13.2 Å². The predicted octanol–water partition coefficient (Wildman–Crippen LogP) is -0.0788. The first-order valence-corrected chi connectivity index (χ1v) is 8.16. The third-order valence-electron chi connectivity index (χ3n) is 5.15. The summed E-state index contributed by atoms with van der Waals surface area (Å²) in [6.07, 6.45) is 5.89. The van der Waals surface area contributed by atoms with Crippen LogP contribution in [0.5, 0.6) is 5.75 Å². The average Bonchev–Trinajstić information content (AvgIpc) is 3.03. The molecule has 1 saturated heterocycles. The Kier molecular flexibility index (Phi) is 4.58. The van der Waals surface area contributed by atoms with E-state index in [0.29, 0.717) is 0 Å². The summed E-state index contributed by atoms with van der Waals surface area (Å²) in [7, 11) is 1.73. The highest BCUT2D eigenvalue weighted by Crippen LogP contribution is 2.15. The zero-order chi connectivity index (χ0) is 13.8. The minimum Gasteiger partial charge on any atom is -0.497 e. The lowest BCUT2D eigenvalue weighted by Crippen LogP contribution is -3.29. The largest absolute Gasteiger partial charge is 0.497 e. The lowest BCUT2D eigenvalue weighted by Gasteiger charge is -2.33. The van der Waals surface area contributed by atoms with Gasteiger partial charge in [0, 0.05) is 5.56 Å². The Morgan fingerprint density at radius 3 is 2.25 bits per heavy atom. The van der Waals surface area contributed by atoms with E-state index in [9.17, 15) is 0 Å². The van der Waals surface area contributed by atoms with E-state index in [4.69, 9.17) is 4.74 Å². The lowest BCUT2D eigenvalue weighted by molar-refractivity contribution is -1.03. The van der Waals surface area contributed by atoms with E-state index in [1.165, 1.54) is 64.0 Å². The van der Waals surface area contributed by atoms with Crippen molar-refractivity contribution in [3.05, 3.63) is 29.8 Å². The summed E-state index contributed by atoms with van der Waals surface area (Å²) in [5.41, 5.74) is 1.44. The van der Waals surface area contributed by atoms with Crippen LogP contribution in [0, 0.1) is 0 Å². The predicted molar refractivity (Wildman–Crippen MR) is 80.3 cm³/mol. The summed E-state index contributed by atoms with van der Waals surface area (Å²) < 4.78 is 5.22. The van der Waals surface area contributed by atoms with Crippen molar-refractivity contribution in [2.75, 3.05) is 33.3 Å². The van der Waals surface area contributed by atoms with Crippen molar-refractivity contribution in [3.8, 4) is 5.75 Å². The van der Waals surface area contributed by atoms with Gasteiger partial charge in [0.25, 0.3) is 0 Å². The molecule has 0 atom stereocenters. The fourth-order valence-electron chi connectivity index (χ4n) is 3.88. The number of quaternary nitrogens is 2. The molecule has 0 aromatic heterocycles. The second kappa shape index (κ2) is 6.59. The van der Waals surface area contributed by atoms with Crippen LogP contribution in [0.2, 0.25) is 0 Å². The molecule has 20 heavy (non-hydrogen) atoms. The minimum absolute atomic E-state index is 0.958. The molecule has 0 radical (unpaired) electrons. The molecule has 0 bridgehead atoms. The first kappa shape index (κ1) is 13.9. The number of nitrogens with one attached hydrogen (secondary N) is 2. The molecule has 1 heterocycles. The fraction of sp³-hybridized carbons (Fsp3) is 0.647. The molecular weight excluding hydrogens is 248 g/mol. The average molecular weight is 276 g/mol. The monoisotopic (exact) mass is 276 g/mol. The van der Waals surface area contributed by atoms with Crippen LogP contribution in [-0.2, 0) is 6.54 Å². The molecular formula is C17H28N2O+2. The second-order valence-corrected chi connectivity index (χ2v) is 6.41. The molecule has 3 nitrogen and oxygen atoms in total. The zero-order valence-electron chi connectivity index (χ0n) is 12.7. The molecule has 2 aliphatic rings. The number of hydrogen-bond donors (Lipinski definition) is 2. The van der Waals surface area contributed by atoms with Crippen LogP contribution in [-0.4, -0.2) is 39.3 Å². The molecule has 2 fully saturated rings. The number of ether oxygens (including phenoxy) is 1. The van der Waals surface area contributed by atoms with Crippen LogP contribution < -0.4 is 14.5 Å². The Hall–Kier alpha value is -1.06. The Morgan fingerprint density at radius 1 is 1.00 bits per heavy atom. The maximum Gasteiger partial charge on any atom is 0.127 e. The molecule has 3 rings (SSSR count). The highest BCUT2D eigenvalue weighted by Gasteiger charge is 2.31. The lowest BCUT2D eigenvalue weighted by atomic mass is 10.1. The smallest absolute Gasteiger partial charge is 0.127 e. The molecule has 1 aliphatic carbocycles. The number of rotatable bonds is 4. The summed E-state index contributed by atoms with van der Waals surface area (Å²) >= 11 is 0. The van der Waals surface area contributed by atoms with E-state index in [-0.39, 0.29) is 0 Å². The molecule has 0 spiro atoms. The standard InChI is InChI=1S/C17H26N2O/c1-20-17-8-6-15(7-9-17)14-18-10-12-19(13-11-18)16-4-2-3-5-16/h6-9,16H,2-5,10-14H2,1H3/p+2. The molecule has 3 heteroatoms. The van der Waals surface area contributed by atoms with Crippen molar-refractivity contribution in [1.82, 2.24) is 0 Å². The van der Waals surface area contributed by atoms with Gasteiger partial charge in [-0.3, -0.25) is 0 Å². The van der Waals surface area contributed by atoms with E-state index >= 15 is 0 Å². The maximum atomic E-state index is 5.22. The van der Waals surface area contributed by atoms with Crippen molar-refractivity contribution in [2.24, 2.45) is 0 Å². The summed E-state index contributed by atoms with van der Waals surface area (Å²) in [6, 6.07) is 9.56. The van der Waals surface area contributed by atoms with Gasteiger partial charge >= 0.3 is 0 Å².